The highest BCUT2D eigenvalue weighted by Crippen LogP contribution is 2.10. The molecule has 1 atom stereocenters. The van der Waals surface area contributed by atoms with Crippen molar-refractivity contribution in [3.63, 3.8) is 0 Å². The zero-order valence-corrected chi connectivity index (χ0v) is 8.07. The van der Waals surface area contributed by atoms with Gasteiger partial charge in [0.1, 0.15) is 0 Å². The minimum Gasteiger partial charge on any atom is -0.478 e. The summed E-state index contributed by atoms with van der Waals surface area (Å²) in [4.78, 5) is 4.11. The summed E-state index contributed by atoms with van der Waals surface area (Å²) in [5.74, 6) is 0.675. The van der Waals surface area contributed by atoms with Crippen molar-refractivity contribution in [2.45, 2.75) is 19.0 Å². The third kappa shape index (κ3) is 2.68. The number of ether oxygens (including phenoxy) is 1. The van der Waals surface area contributed by atoms with Crippen molar-refractivity contribution >= 4 is 0 Å². The van der Waals surface area contributed by atoms with Crippen LogP contribution >= 0.6 is 0 Å². The Kier molecular flexibility index (Phi) is 2.96. The smallest absolute Gasteiger partial charge is 0.213 e. The molecule has 2 heterocycles. The molecule has 2 rings (SSSR count). The lowest BCUT2D eigenvalue weighted by Crippen LogP contribution is -2.05. The molecule has 4 heteroatoms. The maximum atomic E-state index is 5.51. The van der Waals surface area contributed by atoms with Crippen LogP contribution in [0.25, 0.3) is 0 Å². The zero-order chi connectivity index (χ0) is 9.80. The van der Waals surface area contributed by atoms with Gasteiger partial charge in [0.2, 0.25) is 5.88 Å². The molecule has 1 aliphatic heterocycles. The highest BCUT2D eigenvalue weighted by atomic mass is 16.5. The van der Waals surface area contributed by atoms with Crippen LogP contribution in [-0.2, 0) is 6.54 Å². The van der Waals surface area contributed by atoms with Crippen LogP contribution in [0.2, 0.25) is 0 Å². The van der Waals surface area contributed by atoms with E-state index in [9.17, 15) is 0 Å². The molecule has 0 spiro atoms. The Morgan fingerprint density at radius 1 is 1.64 bits per heavy atom. The number of rotatable bonds is 5. The second-order valence-electron chi connectivity index (χ2n) is 3.45. The number of nitrogens with one attached hydrogen (secondary N) is 1. The van der Waals surface area contributed by atoms with Crippen molar-refractivity contribution in [3.05, 3.63) is 23.9 Å². The summed E-state index contributed by atoms with van der Waals surface area (Å²) in [6.45, 7) is 2.38. The van der Waals surface area contributed by atoms with Gasteiger partial charge in [0, 0.05) is 31.4 Å². The monoisotopic (exact) mass is 193 g/mol. The van der Waals surface area contributed by atoms with Gasteiger partial charge >= 0.3 is 0 Å². The predicted molar refractivity (Wildman–Crippen MR) is 54.0 cm³/mol. The topological polar surface area (TPSA) is 70.1 Å². The molecule has 1 saturated heterocycles. The minimum absolute atomic E-state index is 0.531. The number of nitrogens with two attached hydrogens (primary N) is 1. The Labute approximate surface area is 83.5 Å². The fraction of sp³-hybridized carbons (Fsp3) is 0.500. The van der Waals surface area contributed by atoms with E-state index >= 15 is 0 Å². The summed E-state index contributed by atoms with van der Waals surface area (Å²) < 4.78 is 5.49. The first-order chi connectivity index (χ1) is 6.88. The molecule has 1 aromatic heterocycles. The van der Waals surface area contributed by atoms with Gasteiger partial charge in [0.25, 0.3) is 0 Å². The van der Waals surface area contributed by atoms with Crippen molar-refractivity contribution in [2.24, 2.45) is 5.73 Å². The van der Waals surface area contributed by atoms with Crippen LogP contribution in [0.5, 0.6) is 5.88 Å². The molecule has 1 fully saturated rings. The largest absolute Gasteiger partial charge is 0.478 e. The highest BCUT2D eigenvalue weighted by molar-refractivity contribution is 5.20. The molecule has 1 aromatic rings. The van der Waals surface area contributed by atoms with E-state index in [1.165, 1.54) is 0 Å². The summed E-state index contributed by atoms with van der Waals surface area (Å²) in [6.07, 6.45) is 2.78. The van der Waals surface area contributed by atoms with Gasteiger partial charge in [-0.2, -0.15) is 0 Å². The summed E-state index contributed by atoms with van der Waals surface area (Å²) >= 11 is 0. The van der Waals surface area contributed by atoms with Crippen molar-refractivity contribution in [1.29, 1.82) is 0 Å². The van der Waals surface area contributed by atoms with Crippen LogP contribution in [0.4, 0.5) is 0 Å². The van der Waals surface area contributed by atoms with E-state index in [2.05, 4.69) is 10.3 Å². The van der Waals surface area contributed by atoms with Gasteiger partial charge < -0.3 is 15.8 Å². The lowest BCUT2D eigenvalue weighted by Gasteiger charge is -2.04. The Morgan fingerprint density at radius 2 is 2.50 bits per heavy atom. The van der Waals surface area contributed by atoms with Crippen LogP contribution in [0.15, 0.2) is 18.3 Å². The quantitative estimate of drug-likeness (QED) is 0.659. The van der Waals surface area contributed by atoms with Crippen LogP contribution in [0.1, 0.15) is 12.0 Å². The third-order valence-electron chi connectivity index (χ3n) is 2.24. The van der Waals surface area contributed by atoms with Gasteiger partial charge in [0.15, 0.2) is 0 Å². The predicted octanol–water partition coefficient (Wildman–Crippen LogP) is 0.281. The van der Waals surface area contributed by atoms with Crippen LogP contribution in [0.3, 0.4) is 0 Å². The van der Waals surface area contributed by atoms with E-state index in [1.54, 1.807) is 6.20 Å². The van der Waals surface area contributed by atoms with Gasteiger partial charge in [-0.25, -0.2) is 4.98 Å². The van der Waals surface area contributed by atoms with Crippen LogP contribution < -0.4 is 15.8 Å². The van der Waals surface area contributed by atoms with Crippen LogP contribution in [-0.4, -0.2) is 24.2 Å². The van der Waals surface area contributed by atoms with Gasteiger partial charge in [0.05, 0.1) is 6.61 Å². The highest BCUT2D eigenvalue weighted by Gasteiger charge is 2.19. The SMILES string of the molecule is NCc1ccnc(OCCC2CN2)c1. The van der Waals surface area contributed by atoms with Gasteiger partial charge in [-0.05, 0) is 18.1 Å². The Hall–Kier alpha value is -1.13. The number of hydrogen-bond donors (Lipinski definition) is 2. The Morgan fingerprint density at radius 3 is 3.21 bits per heavy atom. The van der Waals surface area contributed by atoms with Crippen molar-refractivity contribution < 1.29 is 4.74 Å². The maximum absolute atomic E-state index is 5.51. The van der Waals surface area contributed by atoms with Crippen LogP contribution in [0, 0.1) is 0 Å². The summed E-state index contributed by atoms with van der Waals surface area (Å²) in [5.41, 5.74) is 6.57. The standard InChI is InChI=1S/C10H15N3O/c11-6-8-1-3-12-10(5-8)14-4-2-9-7-13-9/h1,3,5,9,13H,2,4,6-7,11H2. The second kappa shape index (κ2) is 4.39. The number of pyridine rings is 1. The molecule has 0 amide bonds. The van der Waals surface area contributed by atoms with E-state index in [0.717, 1.165) is 25.1 Å². The lowest BCUT2D eigenvalue weighted by molar-refractivity contribution is 0.298. The van der Waals surface area contributed by atoms with E-state index in [4.69, 9.17) is 10.5 Å². The average molecular weight is 193 g/mol. The zero-order valence-electron chi connectivity index (χ0n) is 8.07. The van der Waals surface area contributed by atoms with Crippen molar-refractivity contribution in [1.82, 2.24) is 10.3 Å². The molecule has 3 N–H and O–H groups in total. The molecule has 0 saturated carbocycles. The fourth-order valence-electron chi connectivity index (χ4n) is 1.25. The third-order valence-corrected chi connectivity index (χ3v) is 2.24. The molecule has 76 valence electrons. The number of nitrogens with zero attached hydrogens (tertiary/aromatic N) is 1. The number of hydrogen-bond acceptors (Lipinski definition) is 4. The molecule has 4 nitrogen and oxygen atoms in total. The fourth-order valence-corrected chi connectivity index (χ4v) is 1.25. The lowest BCUT2D eigenvalue weighted by atomic mass is 10.3. The first-order valence-electron chi connectivity index (χ1n) is 4.89. The molecule has 0 bridgehead atoms. The molecule has 1 aliphatic rings. The molecular formula is C10H15N3O. The maximum Gasteiger partial charge on any atom is 0.213 e. The van der Waals surface area contributed by atoms with E-state index in [-0.39, 0.29) is 0 Å². The minimum atomic E-state index is 0.531. The second-order valence-corrected chi connectivity index (χ2v) is 3.45. The van der Waals surface area contributed by atoms with E-state index < -0.39 is 0 Å². The molecule has 0 radical (unpaired) electrons. The number of aromatic nitrogens is 1. The first kappa shape index (κ1) is 9.43. The molecule has 0 aromatic carbocycles. The summed E-state index contributed by atoms with van der Waals surface area (Å²) in [7, 11) is 0. The van der Waals surface area contributed by atoms with Gasteiger partial charge in [-0.3, -0.25) is 0 Å². The summed E-state index contributed by atoms with van der Waals surface area (Å²) in [6, 6.07) is 4.45. The van der Waals surface area contributed by atoms with Crippen molar-refractivity contribution in [2.75, 3.05) is 13.2 Å². The van der Waals surface area contributed by atoms with Gasteiger partial charge in [-0.15, -0.1) is 0 Å². The molecule has 0 aliphatic carbocycles. The first-order valence-corrected chi connectivity index (χ1v) is 4.89. The van der Waals surface area contributed by atoms with Crippen molar-refractivity contribution in [3.8, 4) is 5.88 Å². The molecular weight excluding hydrogens is 178 g/mol. The van der Waals surface area contributed by atoms with E-state index in [0.29, 0.717) is 18.5 Å². The Bertz CT molecular complexity index is 299. The molecule has 1 unspecified atom stereocenters. The van der Waals surface area contributed by atoms with E-state index in [1.807, 2.05) is 12.1 Å². The Balaban J connectivity index is 1.81. The average Bonchev–Trinajstić information content (AvgIpc) is 3.02. The normalized spacial score (nSPS) is 19.4. The summed E-state index contributed by atoms with van der Waals surface area (Å²) in [5, 5.41) is 3.22. The van der Waals surface area contributed by atoms with Gasteiger partial charge in [-0.1, -0.05) is 0 Å². The molecule has 14 heavy (non-hydrogen) atoms.